The van der Waals surface area contributed by atoms with Gasteiger partial charge in [-0.05, 0) is 10.8 Å². The van der Waals surface area contributed by atoms with Crippen molar-refractivity contribution in [3.05, 3.63) is 48.6 Å². The van der Waals surface area contributed by atoms with Crippen LogP contribution in [0, 0.1) is 0 Å². The van der Waals surface area contributed by atoms with E-state index < -0.39 is 0 Å². The molecular formula is C11H12N4S. The molecule has 0 saturated heterocycles. The fraction of sp³-hybridized carbons (Fsp3) is 0.182. The van der Waals surface area contributed by atoms with Gasteiger partial charge in [-0.2, -0.15) is 4.80 Å². The molecule has 0 fully saturated rings. The van der Waals surface area contributed by atoms with Crippen LogP contribution in [0.4, 0.5) is 0 Å². The molecule has 0 saturated carbocycles. The minimum absolute atomic E-state index is 0.596. The van der Waals surface area contributed by atoms with Crippen LogP contribution in [0.25, 0.3) is 0 Å². The summed E-state index contributed by atoms with van der Waals surface area (Å²) in [7, 11) is 0. The first-order valence-electron chi connectivity index (χ1n) is 4.94. The maximum Gasteiger partial charge on any atom is 0.231 e. The Morgan fingerprint density at radius 2 is 2.12 bits per heavy atom. The molecule has 82 valence electrons. The Morgan fingerprint density at radius 3 is 2.88 bits per heavy atom. The number of aromatic nitrogens is 4. The first kappa shape index (κ1) is 10.9. The van der Waals surface area contributed by atoms with Gasteiger partial charge in [-0.15, -0.1) is 16.8 Å². The second-order valence-electron chi connectivity index (χ2n) is 3.19. The summed E-state index contributed by atoms with van der Waals surface area (Å²) in [6.07, 6.45) is 1.74. The first-order chi connectivity index (χ1) is 7.88. The van der Waals surface area contributed by atoms with Gasteiger partial charge < -0.3 is 0 Å². The van der Waals surface area contributed by atoms with Crippen molar-refractivity contribution in [3.8, 4) is 0 Å². The summed E-state index contributed by atoms with van der Waals surface area (Å²) >= 11 is 1.58. The molecule has 16 heavy (non-hydrogen) atoms. The molecule has 0 amide bonds. The second-order valence-corrected chi connectivity index (χ2v) is 4.13. The number of rotatable bonds is 5. The zero-order valence-corrected chi connectivity index (χ0v) is 9.60. The summed E-state index contributed by atoms with van der Waals surface area (Å²) in [5, 5.41) is 12.7. The van der Waals surface area contributed by atoms with Gasteiger partial charge >= 0.3 is 0 Å². The van der Waals surface area contributed by atoms with Crippen LogP contribution in [0.1, 0.15) is 5.56 Å². The molecule has 0 unspecified atom stereocenters. The minimum atomic E-state index is 0.596. The molecule has 0 aliphatic carbocycles. The van der Waals surface area contributed by atoms with Gasteiger partial charge in [0, 0.05) is 5.75 Å². The van der Waals surface area contributed by atoms with Crippen LogP contribution < -0.4 is 0 Å². The summed E-state index contributed by atoms with van der Waals surface area (Å²) in [4.78, 5) is 1.53. The Hall–Kier alpha value is -1.62. The molecule has 0 atom stereocenters. The monoisotopic (exact) mass is 232 g/mol. The number of thioether (sulfide) groups is 1. The molecule has 4 nitrogen and oxygen atoms in total. The molecule has 5 heteroatoms. The molecular weight excluding hydrogens is 220 g/mol. The number of allylic oxidation sites excluding steroid dienone is 1. The third-order valence-corrected chi connectivity index (χ3v) is 2.84. The molecule has 1 aromatic carbocycles. The maximum absolute atomic E-state index is 4.20. The van der Waals surface area contributed by atoms with Crippen molar-refractivity contribution in [3.63, 3.8) is 0 Å². The average Bonchev–Trinajstić information content (AvgIpc) is 2.76. The van der Waals surface area contributed by atoms with Crippen LogP contribution in [0.15, 0.2) is 48.1 Å². The maximum atomic E-state index is 4.20. The molecule has 0 N–H and O–H groups in total. The molecule has 2 rings (SSSR count). The average molecular weight is 232 g/mol. The highest BCUT2D eigenvalue weighted by molar-refractivity contribution is 7.98. The zero-order valence-electron chi connectivity index (χ0n) is 8.78. The fourth-order valence-electron chi connectivity index (χ4n) is 1.20. The Morgan fingerprint density at radius 1 is 1.31 bits per heavy atom. The lowest BCUT2D eigenvalue weighted by Crippen LogP contribution is -1.99. The van der Waals surface area contributed by atoms with E-state index in [1.54, 1.807) is 17.8 Å². The number of hydrogen-bond donors (Lipinski definition) is 0. The Bertz CT molecular complexity index is 452. The molecule has 0 aliphatic heterocycles. The summed E-state index contributed by atoms with van der Waals surface area (Å²) in [6.45, 7) is 4.22. The molecule has 0 spiro atoms. The zero-order chi connectivity index (χ0) is 11.2. The van der Waals surface area contributed by atoms with Gasteiger partial charge in [-0.1, -0.05) is 48.2 Å². The van der Waals surface area contributed by atoms with E-state index >= 15 is 0 Å². The number of hydrogen-bond acceptors (Lipinski definition) is 4. The fourth-order valence-corrected chi connectivity index (χ4v) is 1.94. The van der Waals surface area contributed by atoms with Crippen molar-refractivity contribution in [2.45, 2.75) is 17.5 Å². The van der Waals surface area contributed by atoms with Crippen LogP contribution in [0.5, 0.6) is 0 Å². The number of tetrazole rings is 1. The van der Waals surface area contributed by atoms with Gasteiger partial charge in [0.15, 0.2) is 0 Å². The van der Waals surface area contributed by atoms with E-state index in [1.165, 1.54) is 10.4 Å². The first-order valence-corrected chi connectivity index (χ1v) is 5.92. The van der Waals surface area contributed by atoms with Crippen LogP contribution in [0.3, 0.4) is 0 Å². The highest BCUT2D eigenvalue weighted by Gasteiger charge is 2.02. The van der Waals surface area contributed by atoms with E-state index in [2.05, 4.69) is 34.1 Å². The summed E-state index contributed by atoms with van der Waals surface area (Å²) in [6, 6.07) is 10.2. The van der Waals surface area contributed by atoms with Crippen molar-refractivity contribution in [2.24, 2.45) is 0 Å². The van der Waals surface area contributed by atoms with E-state index in [-0.39, 0.29) is 0 Å². The molecule has 0 aliphatic rings. The predicted molar refractivity (Wildman–Crippen MR) is 64.0 cm³/mol. The summed E-state index contributed by atoms with van der Waals surface area (Å²) in [5.41, 5.74) is 1.26. The molecule has 0 radical (unpaired) electrons. The van der Waals surface area contributed by atoms with Crippen LogP contribution >= 0.6 is 11.8 Å². The lowest BCUT2D eigenvalue weighted by atomic mass is 10.2. The lowest BCUT2D eigenvalue weighted by molar-refractivity contribution is 0.579. The van der Waals surface area contributed by atoms with Gasteiger partial charge in [0.1, 0.15) is 0 Å². The van der Waals surface area contributed by atoms with E-state index in [0.29, 0.717) is 11.7 Å². The van der Waals surface area contributed by atoms with Gasteiger partial charge in [0.05, 0.1) is 6.54 Å². The largest absolute Gasteiger partial charge is 0.231 e. The SMILES string of the molecule is C=CCn1nnc(SCc2ccccc2)n1. The topological polar surface area (TPSA) is 43.6 Å². The standard InChI is InChI=1S/C11H12N4S/c1-2-8-15-13-11(12-14-15)16-9-10-6-4-3-5-7-10/h2-7H,1,8-9H2. The van der Waals surface area contributed by atoms with E-state index in [4.69, 9.17) is 0 Å². The lowest BCUT2D eigenvalue weighted by Gasteiger charge is -1.96. The molecule has 1 aromatic heterocycles. The summed E-state index contributed by atoms with van der Waals surface area (Å²) in [5.74, 6) is 0.862. The Kier molecular flexibility index (Phi) is 3.71. The van der Waals surface area contributed by atoms with Gasteiger partial charge in [0.25, 0.3) is 0 Å². The van der Waals surface area contributed by atoms with Gasteiger partial charge in [-0.25, -0.2) is 0 Å². The van der Waals surface area contributed by atoms with E-state index in [0.717, 1.165) is 5.75 Å². The highest BCUT2D eigenvalue weighted by atomic mass is 32.2. The van der Waals surface area contributed by atoms with Crippen LogP contribution in [-0.4, -0.2) is 20.2 Å². The quantitative estimate of drug-likeness (QED) is 0.585. The normalized spacial score (nSPS) is 10.2. The molecule has 1 heterocycles. The third kappa shape index (κ3) is 2.93. The van der Waals surface area contributed by atoms with Gasteiger partial charge in [0.2, 0.25) is 5.16 Å². The minimum Gasteiger partial charge on any atom is -0.159 e. The number of nitrogens with zero attached hydrogens (tertiary/aromatic N) is 4. The Balaban J connectivity index is 1.92. The third-order valence-electron chi connectivity index (χ3n) is 1.94. The van der Waals surface area contributed by atoms with Gasteiger partial charge in [-0.3, -0.25) is 0 Å². The molecule has 2 aromatic rings. The molecule has 0 bridgehead atoms. The Labute approximate surface area is 98.4 Å². The van der Waals surface area contributed by atoms with Crippen molar-refractivity contribution in [2.75, 3.05) is 0 Å². The van der Waals surface area contributed by atoms with Crippen LogP contribution in [-0.2, 0) is 12.3 Å². The number of benzene rings is 1. The highest BCUT2D eigenvalue weighted by Crippen LogP contribution is 2.17. The van der Waals surface area contributed by atoms with Crippen molar-refractivity contribution < 1.29 is 0 Å². The van der Waals surface area contributed by atoms with Crippen molar-refractivity contribution >= 4 is 11.8 Å². The van der Waals surface area contributed by atoms with Crippen LogP contribution in [0.2, 0.25) is 0 Å². The summed E-state index contributed by atoms with van der Waals surface area (Å²) < 4.78 is 0. The van der Waals surface area contributed by atoms with Crippen molar-refractivity contribution in [1.82, 2.24) is 20.2 Å². The smallest absolute Gasteiger partial charge is 0.159 e. The van der Waals surface area contributed by atoms with Crippen molar-refractivity contribution in [1.29, 1.82) is 0 Å². The second kappa shape index (κ2) is 5.46. The van der Waals surface area contributed by atoms with E-state index in [9.17, 15) is 0 Å². The predicted octanol–water partition coefficient (Wildman–Crippen LogP) is 2.15. The van der Waals surface area contributed by atoms with E-state index in [1.807, 2.05) is 18.2 Å².